The largest absolute Gasteiger partial charge is 0.480 e. The van der Waals surface area contributed by atoms with E-state index in [1.165, 1.54) is 6.92 Å². The van der Waals surface area contributed by atoms with Crippen LogP contribution in [0, 0.1) is 0 Å². The molecule has 1 aliphatic carbocycles. The standard InChI is InChI=1S/C16H27N3O6/c1-10(12(20)21)17-15(3)8-18(11(2)13(22)23)6-7-19(9-15)16(4-5-16)14(24)25/h10-11,17H,4-9H2,1-3H3,(H,20,21)(H,22,23)(H,24,25)/t10-,11-,15?/m1/s1. The van der Waals surface area contributed by atoms with Crippen molar-refractivity contribution in [1.29, 1.82) is 0 Å². The molecule has 0 bridgehead atoms. The fraction of sp³-hybridized carbons (Fsp3) is 0.812. The second kappa shape index (κ2) is 6.89. The Labute approximate surface area is 146 Å². The summed E-state index contributed by atoms with van der Waals surface area (Å²) >= 11 is 0. The number of rotatable bonds is 7. The molecule has 3 atom stereocenters. The fourth-order valence-electron chi connectivity index (χ4n) is 3.64. The van der Waals surface area contributed by atoms with E-state index < -0.39 is 41.1 Å². The van der Waals surface area contributed by atoms with Crippen LogP contribution in [0.1, 0.15) is 33.6 Å². The maximum absolute atomic E-state index is 11.7. The van der Waals surface area contributed by atoms with Crippen LogP contribution in [-0.2, 0) is 14.4 Å². The maximum atomic E-state index is 11.7. The van der Waals surface area contributed by atoms with Gasteiger partial charge in [-0.05, 0) is 33.6 Å². The molecule has 2 rings (SSSR count). The zero-order chi connectivity index (χ0) is 19.0. The summed E-state index contributed by atoms with van der Waals surface area (Å²) in [5.74, 6) is -2.84. The van der Waals surface area contributed by atoms with Crippen molar-refractivity contribution in [3.05, 3.63) is 0 Å². The van der Waals surface area contributed by atoms with E-state index in [9.17, 15) is 29.7 Å². The van der Waals surface area contributed by atoms with Crippen LogP contribution < -0.4 is 5.32 Å². The van der Waals surface area contributed by atoms with Crippen LogP contribution in [0.15, 0.2) is 0 Å². The van der Waals surface area contributed by atoms with Crippen molar-refractivity contribution >= 4 is 17.9 Å². The van der Waals surface area contributed by atoms with Crippen molar-refractivity contribution in [2.24, 2.45) is 0 Å². The lowest BCUT2D eigenvalue weighted by molar-refractivity contribution is -0.146. The van der Waals surface area contributed by atoms with Crippen LogP contribution in [0.5, 0.6) is 0 Å². The van der Waals surface area contributed by atoms with Crippen molar-refractivity contribution in [2.45, 2.75) is 56.8 Å². The number of hydrogen-bond donors (Lipinski definition) is 4. The van der Waals surface area contributed by atoms with Gasteiger partial charge in [0.15, 0.2) is 0 Å². The lowest BCUT2D eigenvalue weighted by Crippen LogP contribution is -2.61. The first-order valence-electron chi connectivity index (χ1n) is 8.46. The second-order valence-corrected chi connectivity index (χ2v) is 7.51. The molecule has 0 aromatic heterocycles. The smallest absolute Gasteiger partial charge is 0.324 e. The highest BCUT2D eigenvalue weighted by atomic mass is 16.4. The molecule has 2 aliphatic rings. The summed E-state index contributed by atoms with van der Waals surface area (Å²) in [7, 11) is 0. The minimum atomic E-state index is -1.01. The van der Waals surface area contributed by atoms with Crippen LogP contribution >= 0.6 is 0 Å². The van der Waals surface area contributed by atoms with Gasteiger partial charge < -0.3 is 15.3 Å². The zero-order valence-electron chi connectivity index (χ0n) is 14.9. The van der Waals surface area contributed by atoms with Gasteiger partial charge in [0, 0.05) is 31.7 Å². The molecule has 1 saturated carbocycles. The Morgan fingerprint density at radius 2 is 1.60 bits per heavy atom. The summed E-state index contributed by atoms with van der Waals surface area (Å²) in [6.45, 7) is 6.46. The number of carboxylic acids is 3. The highest BCUT2D eigenvalue weighted by Gasteiger charge is 2.57. The van der Waals surface area contributed by atoms with E-state index in [-0.39, 0.29) is 0 Å². The Hall–Kier alpha value is -1.71. The third-order valence-corrected chi connectivity index (χ3v) is 5.32. The topological polar surface area (TPSA) is 130 Å². The molecule has 0 amide bonds. The molecule has 1 saturated heterocycles. The maximum Gasteiger partial charge on any atom is 0.324 e. The SMILES string of the molecule is C[C@H](C(=O)O)N1CCN(C2(C(=O)O)CC2)CC(C)(N[C@H](C)C(=O)O)C1. The summed E-state index contributed by atoms with van der Waals surface area (Å²) in [5.41, 5.74) is -1.65. The van der Waals surface area contributed by atoms with Crippen molar-refractivity contribution in [3.63, 3.8) is 0 Å². The lowest BCUT2D eigenvalue weighted by Gasteiger charge is -2.39. The van der Waals surface area contributed by atoms with E-state index in [0.29, 0.717) is 39.0 Å². The zero-order valence-corrected chi connectivity index (χ0v) is 14.9. The molecule has 142 valence electrons. The molecule has 1 aliphatic heterocycles. The van der Waals surface area contributed by atoms with Crippen molar-refractivity contribution in [2.75, 3.05) is 26.2 Å². The Balaban J connectivity index is 2.27. The van der Waals surface area contributed by atoms with Crippen LogP contribution in [0.3, 0.4) is 0 Å². The number of carbonyl (C=O) groups is 3. The molecule has 9 heteroatoms. The monoisotopic (exact) mass is 357 g/mol. The Bertz CT molecular complexity index is 564. The minimum absolute atomic E-state index is 0.324. The summed E-state index contributed by atoms with van der Waals surface area (Å²) in [6.07, 6.45) is 1.11. The van der Waals surface area contributed by atoms with Crippen molar-refractivity contribution in [3.8, 4) is 0 Å². The minimum Gasteiger partial charge on any atom is -0.480 e. The van der Waals surface area contributed by atoms with E-state index >= 15 is 0 Å². The van der Waals surface area contributed by atoms with E-state index in [4.69, 9.17) is 0 Å². The molecule has 9 nitrogen and oxygen atoms in total. The van der Waals surface area contributed by atoms with Crippen LogP contribution in [0.25, 0.3) is 0 Å². The van der Waals surface area contributed by atoms with E-state index in [2.05, 4.69) is 5.32 Å². The van der Waals surface area contributed by atoms with Gasteiger partial charge >= 0.3 is 17.9 Å². The predicted octanol–water partition coefficient (Wildman–Crippen LogP) is -0.484. The van der Waals surface area contributed by atoms with Gasteiger partial charge in [-0.25, -0.2) is 0 Å². The molecule has 0 spiro atoms. The molecule has 2 fully saturated rings. The Morgan fingerprint density at radius 3 is 2.04 bits per heavy atom. The highest BCUT2D eigenvalue weighted by molar-refractivity contribution is 5.82. The molecule has 1 heterocycles. The first kappa shape index (κ1) is 19.6. The number of carboxylic acid groups (broad SMARTS) is 3. The molecule has 1 unspecified atom stereocenters. The third-order valence-electron chi connectivity index (χ3n) is 5.32. The number of aliphatic carboxylic acids is 3. The molecule has 0 radical (unpaired) electrons. The number of nitrogens with zero attached hydrogens (tertiary/aromatic N) is 2. The average Bonchev–Trinajstić information content (AvgIpc) is 3.30. The molecule has 0 aromatic rings. The van der Waals surface area contributed by atoms with Crippen LogP contribution in [0.4, 0.5) is 0 Å². The molecule has 0 aromatic carbocycles. The van der Waals surface area contributed by atoms with Gasteiger partial charge in [-0.15, -0.1) is 0 Å². The predicted molar refractivity (Wildman–Crippen MR) is 88.5 cm³/mol. The normalized spacial score (nSPS) is 29.4. The van der Waals surface area contributed by atoms with Crippen molar-refractivity contribution < 1.29 is 29.7 Å². The quantitative estimate of drug-likeness (QED) is 0.477. The summed E-state index contributed by atoms with van der Waals surface area (Å²) in [6, 6.07) is -1.56. The van der Waals surface area contributed by atoms with E-state index in [0.717, 1.165) is 0 Å². The van der Waals surface area contributed by atoms with Gasteiger partial charge in [-0.3, -0.25) is 29.5 Å². The van der Waals surface area contributed by atoms with Gasteiger partial charge in [-0.2, -0.15) is 0 Å². The summed E-state index contributed by atoms with van der Waals surface area (Å²) < 4.78 is 0. The van der Waals surface area contributed by atoms with Crippen LogP contribution in [0.2, 0.25) is 0 Å². The summed E-state index contributed by atoms with van der Waals surface area (Å²) in [4.78, 5) is 38.0. The van der Waals surface area contributed by atoms with Crippen molar-refractivity contribution in [1.82, 2.24) is 15.1 Å². The second-order valence-electron chi connectivity index (χ2n) is 7.51. The lowest BCUT2D eigenvalue weighted by atomic mass is 9.98. The third kappa shape index (κ3) is 4.10. The van der Waals surface area contributed by atoms with E-state index in [1.807, 2.05) is 11.8 Å². The Morgan fingerprint density at radius 1 is 1.00 bits per heavy atom. The molecule has 25 heavy (non-hydrogen) atoms. The van der Waals surface area contributed by atoms with Gasteiger partial charge in [-0.1, -0.05) is 0 Å². The van der Waals surface area contributed by atoms with Gasteiger partial charge in [0.05, 0.1) is 0 Å². The van der Waals surface area contributed by atoms with Gasteiger partial charge in [0.1, 0.15) is 17.6 Å². The summed E-state index contributed by atoms with van der Waals surface area (Å²) in [5, 5.41) is 31.2. The molecule has 4 N–H and O–H groups in total. The average molecular weight is 357 g/mol. The number of nitrogens with one attached hydrogen (secondary N) is 1. The first-order chi connectivity index (χ1) is 11.5. The highest BCUT2D eigenvalue weighted by Crippen LogP contribution is 2.43. The fourth-order valence-corrected chi connectivity index (χ4v) is 3.64. The van der Waals surface area contributed by atoms with Crippen LogP contribution in [-0.4, -0.2) is 92.4 Å². The number of hydrogen-bond acceptors (Lipinski definition) is 6. The van der Waals surface area contributed by atoms with Gasteiger partial charge in [0.25, 0.3) is 0 Å². The molecular weight excluding hydrogens is 330 g/mol. The molecular formula is C16H27N3O6. The van der Waals surface area contributed by atoms with Gasteiger partial charge in [0.2, 0.25) is 0 Å². The Kier molecular flexibility index (Phi) is 5.41. The van der Waals surface area contributed by atoms with E-state index in [1.54, 1.807) is 11.8 Å². The first-order valence-corrected chi connectivity index (χ1v) is 8.46.